The number of nitrogens with zero attached hydrogens (tertiary/aromatic N) is 2. The molecule has 0 aliphatic rings. The summed E-state index contributed by atoms with van der Waals surface area (Å²) in [5.41, 5.74) is 3.19. The third kappa shape index (κ3) is 6.19. The van der Waals surface area contributed by atoms with Gasteiger partial charge in [0, 0.05) is 13.1 Å². The SMILES string of the molecule is Cc1cc(C)cc(CN(CCCCN(C)C)S(=O)(=O)c2cccc(Cl)c2Cl)c1. The molecule has 0 aliphatic carbocycles. The molecule has 2 aromatic carbocycles. The molecule has 0 saturated heterocycles. The van der Waals surface area contributed by atoms with Crippen LogP contribution in [0.2, 0.25) is 10.0 Å². The highest BCUT2D eigenvalue weighted by molar-refractivity contribution is 7.89. The van der Waals surface area contributed by atoms with Gasteiger partial charge in [0.2, 0.25) is 10.0 Å². The molecule has 154 valence electrons. The first kappa shape index (κ1) is 23.2. The molecule has 28 heavy (non-hydrogen) atoms. The second-order valence-corrected chi connectivity index (χ2v) is 10.1. The Hall–Kier alpha value is -1.11. The van der Waals surface area contributed by atoms with Crippen molar-refractivity contribution in [3.05, 3.63) is 63.1 Å². The molecular formula is C21H28Cl2N2O2S. The fourth-order valence-corrected chi connectivity index (χ4v) is 5.39. The van der Waals surface area contributed by atoms with Crippen LogP contribution < -0.4 is 0 Å². The zero-order valence-corrected chi connectivity index (χ0v) is 19.2. The van der Waals surface area contributed by atoms with Gasteiger partial charge in [0.1, 0.15) is 4.90 Å². The molecule has 4 nitrogen and oxygen atoms in total. The smallest absolute Gasteiger partial charge is 0.244 e. The van der Waals surface area contributed by atoms with Crippen molar-refractivity contribution in [2.24, 2.45) is 0 Å². The molecule has 0 radical (unpaired) electrons. The lowest BCUT2D eigenvalue weighted by Crippen LogP contribution is -2.32. The van der Waals surface area contributed by atoms with Gasteiger partial charge in [-0.25, -0.2) is 8.42 Å². The highest BCUT2D eigenvalue weighted by atomic mass is 35.5. The zero-order valence-electron chi connectivity index (χ0n) is 16.9. The average Bonchev–Trinajstić information content (AvgIpc) is 2.58. The summed E-state index contributed by atoms with van der Waals surface area (Å²) in [7, 11) is 0.244. The first-order chi connectivity index (χ1) is 13.1. The van der Waals surface area contributed by atoms with Crippen molar-refractivity contribution in [1.29, 1.82) is 0 Å². The van der Waals surface area contributed by atoms with E-state index in [1.807, 2.05) is 40.1 Å². The van der Waals surface area contributed by atoms with E-state index in [-0.39, 0.29) is 14.9 Å². The summed E-state index contributed by atoms with van der Waals surface area (Å²) in [6.45, 7) is 5.66. The van der Waals surface area contributed by atoms with E-state index in [9.17, 15) is 8.42 Å². The normalized spacial score (nSPS) is 12.1. The van der Waals surface area contributed by atoms with Crippen LogP contribution >= 0.6 is 23.2 Å². The molecule has 0 fully saturated rings. The summed E-state index contributed by atoms with van der Waals surface area (Å²) in [6.07, 6.45) is 1.68. The quantitative estimate of drug-likeness (QED) is 0.504. The molecule has 0 heterocycles. The van der Waals surface area contributed by atoms with Crippen molar-refractivity contribution < 1.29 is 8.42 Å². The molecule has 0 N–H and O–H groups in total. The Morgan fingerprint density at radius 2 is 1.54 bits per heavy atom. The minimum Gasteiger partial charge on any atom is -0.309 e. The summed E-state index contributed by atoms with van der Waals surface area (Å²) in [5.74, 6) is 0. The van der Waals surface area contributed by atoms with Crippen molar-refractivity contribution >= 4 is 33.2 Å². The van der Waals surface area contributed by atoms with E-state index >= 15 is 0 Å². The maximum atomic E-state index is 13.4. The molecule has 2 rings (SSSR count). The van der Waals surface area contributed by atoms with Gasteiger partial charge in [-0.15, -0.1) is 0 Å². The Bertz CT molecular complexity index is 894. The number of unbranched alkanes of at least 4 members (excludes halogenated alkanes) is 1. The van der Waals surface area contributed by atoms with Gasteiger partial charge in [0.25, 0.3) is 0 Å². The summed E-state index contributed by atoms with van der Waals surface area (Å²) in [6, 6.07) is 10.8. The van der Waals surface area contributed by atoms with Gasteiger partial charge in [0.05, 0.1) is 10.0 Å². The number of halogens is 2. The molecule has 0 atom stereocenters. The number of benzene rings is 2. The van der Waals surface area contributed by atoms with Crippen molar-refractivity contribution in [3.63, 3.8) is 0 Å². The largest absolute Gasteiger partial charge is 0.309 e. The highest BCUT2D eigenvalue weighted by Crippen LogP contribution is 2.31. The topological polar surface area (TPSA) is 40.6 Å². The maximum Gasteiger partial charge on any atom is 0.244 e. The number of rotatable bonds is 9. The minimum absolute atomic E-state index is 0.0543. The predicted octanol–water partition coefficient (Wildman–Crippen LogP) is 5.14. The van der Waals surface area contributed by atoms with Crippen molar-refractivity contribution in [1.82, 2.24) is 9.21 Å². The van der Waals surface area contributed by atoms with Crippen LogP contribution in [0.15, 0.2) is 41.3 Å². The van der Waals surface area contributed by atoms with Crippen LogP contribution in [0.25, 0.3) is 0 Å². The van der Waals surface area contributed by atoms with Crippen LogP contribution in [0.1, 0.15) is 29.5 Å². The Kier molecular flexibility index (Phi) is 8.34. The summed E-state index contributed by atoms with van der Waals surface area (Å²) >= 11 is 12.3. The Morgan fingerprint density at radius 1 is 0.929 bits per heavy atom. The Balaban J connectivity index is 2.34. The van der Waals surface area contributed by atoms with Gasteiger partial charge in [-0.2, -0.15) is 4.31 Å². The third-order valence-corrected chi connectivity index (χ3v) is 7.26. The van der Waals surface area contributed by atoms with Gasteiger partial charge in [-0.1, -0.05) is 58.6 Å². The van der Waals surface area contributed by atoms with Crippen LogP contribution in [-0.4, -0.2) is 44.8 Å². The second-order valence-electron chi connectivity index (χ2n) is 7.40. The van der Waals surface area contributed by atoms with Crippen LogP contribution in [-0.2, 0) is 16.6 Å². The lowest BCUT2D eigenvalue weighted by atomic mass is 10.1. The number of hydrogen-bond donors (Lipinski definition) is 0. The fraction of sp³-hybridized carbons (Fsp3) is 0.429. The second kappa shape index (κ2) is 10.1. The van der Waals surface area contributed by atoms with Gasteiger partial charge >= 0.3 is 0 Å². The number of aryl methyl sites for hydroxylation is 2. The van der Waals surface area contributed by atoms with Gasteiger partial charge in [-0.3, -0.25) is 0 Å². The highest BCUT2D eigenvalue weighted by Gasteiger charge is 2.27. The Labute approximate surface area is 179 Å². The van der Waals surface area contributed by atoms with Crippen LogP contribution in [0.3, 0.4) is 0 Å². The molecular weight excluding hydrogens is 415 g/mol. The number of hydrogen-bond acceptors (Lipinski definition) is 3. The van der Waals surface area contributed by atoms with Crippen LogP contribution in [0.4, 0.5) is 0 Å². The van der Waals surface area contributed by atoms with Crippen molar-refractivity contribution in [2.45, 2.75) is 38.1 Å². The predicted molar refractivity (Wildman–Crippen MR) is 118 cm³/mol. The van der Waals surface area contributed by atoms with E-state index in [4.69, 9.17) is 23.2 Å². The molecule has 0 saturated carbocycles. The summed E-state index contributed by atoms with van der Waals surface area (Å²) in [4.78, 5) is 2.15. The van der Waals surface area contributed by atoms with Gasteiger partial charge in [0.15, 0.2) is 0 Å². The van der Waals surface area contributed by atoms with E-state index < -0.39 is 10.0 Å². The molecule has 0 unspecified atom stereocenters. The molecule has 0 aromatic heterocycles. The standard InChI is InChI=1S/C21H28Cl2N2O2S/c1-16-12-17(2)14-18(13-16)15-25(11-6-5-10-24(3)4)28(26,27)20-9-7-8-19(22)21(20)23/h7-9,12-14H,5-6,10-11,15H2,1-4H3. The maximum absolute atomic E-state index is 13.4. The fourth-order valence-electron chi connectivity index (χ4n) is 3.19. The first-order valence-electron chi connectivity index (χ1n) is 9.27. The minimum atomic E-state index is -3.78. The molecule has 2 aromatic rings. The molecule has 0 amide bonds. The zero-order chi connectivity index (χ0) is 20.9. The van der Waals surface area contributed by atoms with Crippen molar-refractivity contribution in [2.75, 3.05) is 27.2 Å². The van der Waals surface area contributed by atoms with Gasteiger partial charge in [-0.05, 0) is 65.0 Å². The average molecular weight is 443 g/mol. The summed E-state index contributed by atoms with van der Waals surface area (Å²) < 4.78 is 28.3. The van der Waals surface area contributed by atoms with E-state index in [1.165, 1.54) is 10.4 Å². The van der Waals surface area contributed by atoms with Crippen LogP contribution in [0.5, 0.6) is 0 Å². The number of sulfonamides is 1. The van der Waals surface area contributed by atoms with E-state index in [0.717, 1.165) is 36.1 Å². The van der Waals surface area contributed by atoms with E-state index in [1.54, 1.807) is 12.1 Å². The molecule has 0 bridgehead atoms. The van der Waals surface area contributed by atoms with Gasteiger partial charge < -0.3 is 4.90 Å². The molecule has 0 aliphatic heterocycles. The lowest BCUT2D eigenvalue weighted by Gasteiger charge is -2.24. The third-order valence-electron chi connectivity index (χ3n) is 4.44. The first-order valence-corrected chi connectivity index (χ1v) is 11.5. The molecule has 0 spiro atoms. The van der Waals surface area contributed by atoms with E-state index in [2.05, 4.69) is 11.0 Å². The van der Waals surface area contributed by atoms with Crippen LogP contribution in [0, 0.1) is 13.8 Å². The molecule has 7 heteroatoms. The Morgan fingerprint density at radius 3 is 2.14 bits per heavy atom. The van der Waals surface area contributed by atoms with E-state index in [0.29, 0.717) is 13.1 Å². The summed E-state index contributed by atoms with van der Waals surface area (Å²) in [5, 5.41) is 0.310. The van der Waals surface area contributed by atoms with Crippen molar-refractivity contribution in [3.8, 4) is 0 Å². The monoisotopic (exact) mass is 442 g/mol. The lowest BCUT2D eigenvalue weighted by molar-refractivity contribution is 0.358.